The predicted molar refractivity (Wildman–Crippen MR) is 77.8 cm³/mol. The summed E-state index contributed by atoms with van der Waals surface area (Å²) in [7, 11) is 0. The Morgan fingerprint density at radius 3 is 2.21 bits per heavy atom. The predicted octanol–water partition coefficient (Wildman–Crippen LogP) is 1.31. The summed E-state index contributed by atoms with van der Waals surface area (Å²) in [4.78, 5) is 15.7. The fourth-order valence-corrected chi connectivity index (χ4v) is 3.30. The van der Waals surface area contributed by atoms with Crippen LogP contribution in [0.15, 0.2) is 0 Å². The first kappa shape index (κ1) is 14.8. The van der Waals surface area contributed by atoms with Crippen LogP contribution in [0.1, 0.15) is 39.0 Å². The largest absolute Gasteiger partial charge is 0.369 e. The maximum absolute atomic E-state index is 10.9. The van der Waals surface area contributed by atoms with Gasteiger partial charge in [-0.25, -0.2) is 0 Å². The third-order valence-corrected chi connectivity index (χ3v) is 4.82. The summed E-state index contributed by atoms with van der Waals surface area (Å²) in [6.45, 7) is 8.76. The first-order valence-electron chi connectivity index (χ1n) is 7.86. The molecule has 0 radical (unpaired) electrons. The molecule has 2 saturated heterocycles. The Morgan fingerprint density at radius 2 is 1.63 bits per heavy atom. The Kier molecular flexibility index (Phi) is 5.64. The zero-order valence-electron chi connectivity index (χ0n) is 12.3. The van der Waals surface area contributed by atoms with E-state index in [1.54, 1.807) is 0 Å². The van der Waals surface area contributed by atoms with Gasteiger partial charge in [0.15, 0.2) is 0 Å². The molecular weight excluding hydrogens is 238 g/mol. The normalized spacial score (nSPS) is 24.7. The summed E-state index contributed by atoms with van der Waals surface area (Å²) >= 11 is 0. The lowest BCUT2D eigenvalue weighted by Crippen LogP contribution is -2.40. The van der Waals surface area contributed by atoms with Gasteiger partial charge in [0.25, 0.3) is 0 Å². The molecule has 1 amide bonds. The summed E-state index contributed by atoms with van der Waals surface area (Å²) < 4.78 is 0. The van der Waals surface area contributed by atoms with Crippen LogP contribution in [-0.2, 0) is 4.79 Å². The molecule has 4 heteroatoms. The van der Waals surface area contributed by atoms with Crippen molar-refractivity contribution in [2.45, 2.75) is 39.0 Å². The average Bonchev–Trinajstić information content (AvgIpc) is 2.39. The maximum Gasteiger partial charge on any atom is 0.231 e. The van der Waals surface area contributed by atoms with Gasteiger partial charge in [-0.15, -0.1) is 0 Å². The fourth-order valence-electron chi connectivity index (χ4n) is 3.30. The third kappa shape index (κ3) is 5.11. The van der Waals surface area contributed by atoms with Gasteiger partial charge in [-0.2, -0.15) is 0 Å². The number of carbonyl (C=O) groups excluding carboxylic acids is 1. The number of hydrogen-bond donors (Lipinski definition) is 1. The van der Waals surface area contributed by atoms with E-state index >= 15 is 0 Å². The molecule has 19 heavy (non-hydrogen) atoms. The molecule has 110 valence electrons. The van der Waals surface area contributed by atoms with Crippen LogP contribution in [-0.4, -0.2) is 55.0 Å². The van der Waals surface area contributed by atoms with Gasteiger partial charge >= 0.3 is 0 Å². The van der Waals surface area contributed by atoms with Crippen LogP contribution in [0.25, 0.3) is 0 Å². The monoisotopic (exact) mass is 267 g/mol. The summed E-state index contributed by atoms with van der Waals surface area (Å²) in [5.41, 5.74) is 5.24. The maximum atomic E-state index is 10.9. The summed E-state index contributed by atoms with van der Waals surface area (Å²) in [5.74, 6) is 1.58. The van der Waals surface area contributed by atoms with Crippen LogP contribution in [0.4, 0.5) is 0 Å². The second-order valence-corrected chi connectivity index (χ2v) is 6.50. The molecule has 2 N–H and O–H groups in total. The summed E-state index contributed by atoms with van der Waals surface area (Å²) in [5, 5.41) is 0. The van der Waals surface area contributed by atoms with Gasteiger partial charge in [0, 0.05) is 0 Å². The summed E-state index contributed by atoms with van der Waals surface area (Å²) in [6, 6.07) is 0. The number of primary amides is 1. The molecule has 2 heterocycles. The first-order chi connectivity index (χ1) is 9.13. The van der Waals surface area contributed by atoms with E-state index in [2.05, 4.69) is 16.7 Å². The second kappa shape index (κ2) is 7.25. The van der Waals surface area contributed by atoms with Crippen LogP contribution in [0.5, 0.6) is 0 Å². The Hall–Kier alpha value is -0.610. The van der Waals surface area contributed by atoms with E-state index in [1.807, 2.05) is 0 Å². The zero-order chi connectivity index (χ0) is 13.7. The van der Waals surface area contributed by atoms with Crippen molar-refractivity contribution in [2.24, 2.45) is 17.6 Å². The summed E-state index contributed by atoms with van der Waals surface area (Å²) in [6.07, 6.45) is 6.54. The Balaban J connectivity index is 1.59. The lowest BCUT2D eigenvalue weighted by molar-refractivity contribution is -0.119. The molecular formula is C15H29N3O. The Morgan fingerprint density at radius 1 is 1.05 bits per heavy atom. The zero-order valence-corrected chi connectivity index (χ0v) is 12.3. The number of likely N-dealkylation sites (tertiary alicyclic amines) is 2. The molecule has 4 nitrogen and oxygen atoms in total. The van der Waals surface area contributed by atoms with E-state index in [4.69, 9.17) is 5.73 Å². The number of amides is 1. The van der Waals surface area contributed by atoms with E-state index in [0.717, 1.165) is 24.9 Å². The molecule has 0 unspecified atom stereocenters. The lowest BCUT2D eigenvalue weighted by atomic mass is 9.92. The van der Waals surface area contributed by atoms with Gasteiger partial charge in [-0.3, -0.25) is 9.69 Å². The van der Waals surface area contributed by atoms with Gasteiger partial charge in [0.2, 0.25) is 5.91 Å². The molecule has 0 aromatic rings. The van der Waals surface area contributed by atoms with Gasteiger partial charge in [0.05, 0.1) is 6.54 Å². The number of nitrogens with two attached hydrogens (primary N) is 1. The highest BCUT2D eigenvalue weighted by Crippen LogP contribution is 2.22. The fraction of sp³-hybridized carbons (Fsp3) is 0.933. The molecule has 0 bridgehead atoms. The highest BCUT2D eigenvalue weighted by Gasteiger charge is 2.21. The molecule has 0 aromatic carbocycles. The molecule has 0 saturated carbocycles. The SMILES string of the molecule is CC1CCN(CCC2CCN(CC(N)=O)CC2)CC1. The van der Waals surface area contributed by atoms with Crippen molar-refractivity contribution >= 4 is 5.91 Å². The van der Waals surface area contributed by atoms with Gasteiger partial charge in [-0.05, 0) is 76.7 Å². The van der Waals surface area contributed by atoms with E-state index in [1.165, 1.54) is 51.7 Å². The van der Waals surface area contributed by atoms with Crippen LogP contribution in [0, 0.1) is 11.8 Å². The van der Waals surface area contributed by atoms with Crippen molar-refractivity contribution in [1.29, 1.82) is 0 Å². The molecule has 0 spiro atoms. The van der Waals surface area contributed by atoms with E-state index < -0.39 is 0 Å². The van der Waals surface area contributed by atoms with E-state index in [-0.39, 0.29) is 5.91 Å². The molecule has 2 aliphatic rings. The number of piperidine rings is 2. The minimum absolute atomic E-state index is 0.194. The lowest BCUT2D eigenvalue weighted by Gasteiger charge is -2.34. The van der Waals surface area contributed by atoms with Crippen molar-refractivity contribution in [1.82, 2.24) is 9.80 Å². The van der Waals surface area contributed by atoms with Gasteiger partial charge < -0.3 is 10.6 Å². The molecule has 0 atom stereocenters. The van der Waals surface area contributed by atoms with Crippen molar-refractivity contribution < 1.29 is 4.79 Å². The highest BCUT2D eigenvalue weighted by molar-refractivity contribution is 5.75. The smallest absolute Gasteiger partial charge is 0.231 e. The van der Waals surface area contributed by atoms with Gasteiger partial charge in [-0.1, -0.05) is 6.92 Å². The van der Waals surface area contributed by atoms with Crippen molar-refractivity contribution in [3.63, 3.8) is 0 Å². The molecule has 2 fully saturated rings. The number of nitrogens with zero attached hydrogens (tertiary/aromatic N) is 2. The molecule has 0 aromatic heterocycles. The van der Waals surface area contributed by atoms with Crippen molar-refractivity contribution in [3.05, 3.63) is 0 Å². The van der Waals surface area contributed by atoms with E-state index in [0.29, 0.717) is 6.54 Å². The highest BCUT2D eigenvalue weighted by atomic mass is 16.1. The van der Waals surface area contributed by atoms with Crippen molar-refractivity contribution in [3.8, 4) is 0 Å². The number of rotatable bonds is 5. The van der Waals surface area contributed by atoms with Crippen LogP contribution in [0.3, 0.4) is 0 Å². The molecule has 0 aliphatic carbocycles. The molecule has 2 rings (SSSR count). The minimum atomic E-state index is -0.194. The third-order valence-electron chi connectivity index (χ3n) is 4.82. The Bertz CT molecular complexity index is 279. The average molecular weight is 267 g/mol. The van der Waals surface area contributed by atoms with Crippen LogP contribution in [0.2, 0.25) is 0 Å². The van der Waals surface area contributed by atoms with Gasteiger partial charge in [0.1, 0.15) is 0 Å². The second-order valence-electron chi connectivity index (χ2n) is 6.50. The Labute approximate surface area is 117 Å². The minimum Gasteiger partial charge on any atom is -0.369 e. The topological polar surface area (TPSA) is 49.6 Å². The van der Waals surface area contributed by atoms with E-state index in [9.17, 15) is 4.79 Å². The van der Waals surface area contributed by atoms with Crippen LogP contribution >= 0.6 is 0 Å². The standard InChI is InChI=1S/C15H29N3O/c1-13-2-7-17(8-3-13)9-4-14-5-10-18(11-6-14)12-15(16)19/h13-14H,2-12H2,1H3,(H2,16,19). The van der Waals surface area contributed by atoms with Crippen LogP contribution < -0.4 is 5.73 Å². The number of hydrogen-bond acceptors (Lipinski definition) is 3. The quantitative estimate of drug-likeness (QED) is 0.817. The molecule has 2 aliphatic heterocycles. The van der Waals surface area contributed by atoms with Crippen molar-refractivity contribution in [2.75, 3.05) is 39.3 Å². The number of carbonyl (C=O) groups is 1. The first-order valence-corrected chi connectivity index (χ1v) is 7.86.